The van der Waals surface area contributed by atoms with E-state index in [9.17, 15) is 9.59 Å². The predicted molar refractivity (Wildman–Crippen MR) is 54.2 cm³/mol. The van der Waals surface area contributed by atoms with Crippen molar-refractivity contribution in [3.63, 3.8) is 0 Å². The smallest absolute Gasteiger partial charge is 0.306 e. The Morgan fingerprint density at radius 2 is 1.47 bits per heavy atom. The Labute approximate surface area is 89.0 Å². The quantitative estimate of drug-likeness (QED) is 0.736. The van der Waals surface area contributed by atoms with E-state index in [2.05, 4.69) is 5.32 Å². The first-order valence-corrected chi connectivity index (χ1v) is 5.70. The molecule has 2 aliphatic carbocycles. The van der Waals surface area contributed by atoms with E-state index in [4.69, 9.17) is 5.11 Å². The molecule has 15 heavy (non-hydrogen) atoms. The van der Waals surface area contributed by atoms with Gasteiger partial charge in [0.05, 0.1) is 5.92 Å². The van der Waals surface area contributed by atoms with Gasteiger partial charge in [-0.2, -0.15) is 0 Å². The molecule has 4 nitrogen and oxygen atoms in total. The zero-order valence-electron chi connectivity index (χ0n) is 8.74. The van der Waals surface area contributed by atoms with Gasteiger partial charge in [0.2, 0.25) is 5.91 Å². The molecule has 84 valence electrons. The summed E-state index contributed by atoms with van der Waals surface area (Å²) in [7, 11) is 0. The lowest BCUT2D eigenvalue weighted by Gasteiger charge is -2.26. The van der Waals surface area contributed by atoms with Gasteiger partial charge in [-0.3, -0.25) is 9.59 Å². The maximum absolute atomic E-state index is 11.5. The van der Waals surface area contributed by atoms with E-state index < -0.39 is 5.97 Å². The average Bonchev–Trinajstić information content (AvgIpc) is 3.01. The molecule has 2 rings (SSSR count). The van der Waals surface area contributed by atoms with Gasteiger partial charge in [-0.1, -0.05) is 0 Å². The number of amides is 1. The number of carboxylic acid groups (broad SMARTS) is 1. The number of rotatable bonds is 3. The number of aliphatic carboxylic acids is 1. The van der Waals surface area contributed by atoms with Crippen LogP contribution in [0, 0.1) is 11.8 Å². The summed E-state index contributed by atoms with van der Waals surface area (Å²) in [5.74, 6) is -0.461. The topological polar surface area (TPSA) is 66.4 Å². The molecule has 2 aliphatic rings. The van der Waals surface area contributed by atoms with Gasteiger partial charge >= 0.3 is 5.97 Å². The van der Waals surface area contributed by atoms with E-state index >= 15 is 0 Å². The largest absolute Gasteiger partial charge is 0.481 e. The molecular weight excluding hydrogens is 194 g/mol. The second-order valence-electron chi connectivity index (χ2n) is 4.67. The Bertz CT molecular complexity index is 265. The summed E-state index contributed by atoms with van der Waals surface area (Å²) in [5, 5.41) is 11.8. The number of carbonyl (C=O) groups excluding carboxylic acids is 1. The molecule has 0 bridgehead atoms. The highest BCUT2D eigenvalue weighted by Crippen LogP contribution is 2.30. The van der Waals surface area contributed by atoms with Gasteiger partial charge in [0, 0.05) is 12.0 Å². The van der Waals surface area contributed by atoms with E-state index in [-0.39, 0.29) is 23.8 Å². The van der Waals surface area contributed by atoms with Crippen molar-refractivity contribution in [1.82, 2.24) is 5.32 Å². The Balaban J connectivity index is 1.73. The fourth-order valence-electron chi connectivity index (χ4n) is 2.15. The van der Waals surface area contributed by atoms with Crippen LogP contribution in [-0.4, -0.2) is 23.0 Å². The SMILES string of the molecule is O=C(O)C1CCC(NC(=O)C2CC2)CC1. The predicted octanol–water partition coefficient (Wildman–Crippen LogP) is 1.16. The highest BCUT2D eigenvalue weighted by atomic mass is 16.4. The van der Waals surface area contributed by atoms with Gasteiger partial charge in [0.1, 0.15) is 0 Å². The van der Waals surface area contributed by atoms with Crippen molar-refractivity contribution in [3.05, 3.63) is 0 Å². The van der Waals surface area contributed by atoms with Crippen molar-refractivity contribution < 1.29 is 14.7 Å². The van der Waals surface area contributed by atoms with Crippen molar-refractivity contribution in [3.8, 4) is 0 Å². The molecule has 2 fully saturated rings. The summed E-state index contributed by atoms with van der Waals surface area (Å²) < 4.78 is 0. The van der Waals surface area contributed by atoms with E-state index in [0.29, 0.717) is 12.8 Å². The van der Waals surface area contributed by atoms with E-state index in [1.54, 1.807) is 0 Å². The van der Waals surface area contributed by atoms with Gasteiger partial charge < -0.3 is 10.4 Å². The second-order valence-corrected chi connectivity index (χ2v) is 4.67. The maximum atomic E-state index is 11.5. The zero-order chi connectivity index (χ0) is 10.8. The Kier molecular flexibility index (Phi) is 2.93. The van der Waals surface area contributed by atoms with Crippen LogP contribution >= 0.6 is 0 Å². The summed E-state index contributed by atoms with van der Waals surface area (Å²) >= 11 is 0. The number of carboxylic acids is 1. The van der Waals surface area contributed by atoms with Crippen molar-refractivity contribution in [2.24, 2.45) is 11.8 Å². The van der Waals surface area contributed by atoms with Crippen LogP contribution in [0.3, 0.4) is 0 Å². The summed E-state index contributed by atoms with van der Waals surface area (Å²) in [4.78, 5) is 22.2. The summed E-state index contributed by atoms with van der Waals surface area (Å²) in [6.45, 7) is 0. The molecule has 0 heterocycles. The molecule has 0 aliphatic heterocycles. The van der Waals surface area contributed by atoms with Crippen LogP contribution < -0.4 is 5.32 Å². The first kappa shape index (κ1) is 10.5. The summed E-state index contributed by atoms with van der Waals surface area (Å²) in [5.41, 5.74) is 0. The lowest BCUT2D eigenvalue weighted by Crippen LogP contribution is -2.39. The summed E-state index contributed by atoms with van der Waals surface area (Å²) in [6, 6.07) is 0.216. The molecule has 0 aromatic heterocycles. The molecule has 2 saturated carbocycles. The van der Waals surface area contributed by atoms with Gasteiger partial charge in [-0.15, -0.1) is 0 Å². The normalized spacial score (nSPS) is 30.9. The van der Waals surface area contributed by atoms with Crippen LogP contribution in [0.1, 0.15) is 38.5 Å². The fraction of sp³-hybridized carbons (Fsp3) is 0.818. The van der Waals surface area contributed by atoms with Crippen molar-refractivity contribution in [1.29, 1.82) is 0 Å². The van der Waals surface area contributed by atoms with Crippen LogP contribution in [-0.2, 0) is 9.59 Å². The maximum Gasteiger partial charge on any atom is 0.306 e. The summed E-state index contributed by atoms with van der Waals surface area (Å²) in [6.07, 6.45) is 5.08. The average molecular weight is 211 g/mol. The van der Waals surface area contributed by atoms with Crippen molar-refractivity contribution in [2.75, 3.05) is 0 Å². The second kappa shape index (κ2) is 4.21. The third kappa shape index (κ3) is 2.70. The molecule has 0 aromatic carbocycles. The Morgan fingerprint density at radius 3 is 1.93 bits per heavy atom. The van der Waals surface area contributed by atoms with Gasteiger partial charge in [0.25, 0.3) is 0 Å². The Hall–Kier alpha value is -1.06. The molecule has 0 spiro atoms. The van der Waals surface area contributed by atoms with E-state index in [1.165, 1.54) is 0 Å². The van der Waals surface area contributed by atoms with Crippen LogP contribution in [0.15, 0.2) is 0 Å². The molecule has 0 unspecified atom stereocenters. The number of hydrogen-bond donors (Lipinski definition) is 2. The molecule has 1 amide bonds. The minimum atomic E-state index is -0.693. The standard InChI is InChI=1S/C11H17NO3/c13-10(7-1-2-7)12-9-5-3-8(4-6-9)11(14)15/h7-9H,1-6H2,(H,12,13)(H,14,15). The minimum Gasteiger partial charge on any atom is -0.481 e. The minimum absolute atomic E-state index is 0.175. The molecule has 0 saturated heterocycles. The molecule has 0 atom stereocenters. The number of nitrogens with one attached hydrogen (secondary N) is 1. The molecule has 2 N–H and O–H groups in total. The van der Waals surface area contributed by atoms with Crippen LogP contribution in [0.5, 0.6) is 0 Å². The third-order valence-corrected chi connectivity index (χ3v) is 3.37. The van der Waals surface area contributed by atoms with Crippen LogP contribution in [0.2, 0.25) is 0 Å². The lowest BCUT2D eigenvalue weighted by molar-refractivity contribution is -0.142. The molecular formula is C11H17NO3. The van der Waals surface area contributed by atoms with Gasteiger partial charge in [0.15, 0.2) is 0 Å². The van der Waals surface area contributed by atoms with E-state index in [1.807, 2.05) is 0 Å². The molecule has 0 radical (unpaired) electrons. The fourth-order valence-corrected chi connectivity index (χ4v) is 2.15. The van der Waals surface area contributed by atoms with Crippen LogP contribution in [0.25, 0.3) is 0 Å². The first-order chi connectivity index (χ1) is 7.16. The Morgan fingerprint density at radius 1 is 0.933 bits per heavy atom. The van der Waals surface area contributed by atoms with Crippen molar-refractivity contribution in [2.45, 2.75) is 44.6 Å². The van der Waals surface area contributed by atoms with Crippen molar-refractivity contribution >= 4 is 11.9 Å². The highest BCUT2D eigenvalue weighted by Gasteiger charge is 2.32. The van der Waals surface area contributed by atoms with Gasteiger partial charge in [-0.25, -0.2) is 0 Å². The number of carbonyl (C=O) groups is 2. The molecule has 0 aromatic rings. The van der Waals surface area contributed by atoms with E-state index in [0.717, 1.165) is 25.7 Å². The molecule has 4 heteroatoms. The van der Waals surface area contributed by atoms with Crippen LogP contribution in [0.4, 0.5) is 0 Å². The number of hydrogen-bond acceptors (Lipinski definition) is 2. The monoisotopic (exact) mass is 211 g/mol. The first-order valence-electron chi connectivity index (χ1n) is 5.70. The highest BCUT2D eigenvalue weighted by molar-refractivity contribution is 5.81. The zero-order valence-corrected chi connectivity index (χ0v) is 8.74. The third-order valence-electron chi connectivity index (χ3n) is 3.37. The lowest BCUT2D eigenvalue weighted by atomic mass is 9.86. The van der Waals surface area contributed by atoms with Gasteiger partial charge in [-0.05, 0) is 38.5 Å².